The fourth-order valence-corrected chi connectivity index (χ4v) is 3.49. The van der Waals surface area contributed by atoms with Gasteiger partial charge in [0.2, 0.25) is 0 Å². The van der Waals surface area contributed by atoms with Crippen molar-refractivity contribution in [3.8, 4) is 5.75 Å². The third kappa shape index (κ3) is 4.48. The van der Waals surface area contributed by atoms with Gasteiger partial charge in [-0.25, -0.2) is 9.18 Å². The van der Waals surface area contributed by atoms with E-state index in [-0.39, 0.29) is 23.1 Å². The Bertz CT molecular complexity index is 863. The first-order chi connectivity index (χ1) is 13.5. The zero-order valence-corrected chi connectivity index (χ0v) is 16.0. The summed E-state index contributed by atoms with van der Waals surface area (Å²) in [6, 6.07) is 7.34. The van der Waals surface area contributed by atoms with E-state index < -0.39 is 18.4 Å². The van der Waals surface area contributed by atoms with Gasteiger partial charge in [-0.05, 0) is 23.6 Å². The molecular formula is C19H19FN2O5S. The second kappa shape index (κ2) is 8.83. The maximum atomic E-state index is 13.9. The third-order valence-electron chi connectivity index (χ3n) is 4.37. The molecule has 0 spiro atoms. The smallest absolute Gasteiger partial charge is 0.341 e. The highest BCUT2D eigenvalue weighted by atomic mass is 32.1. The standard InChI is InChI=1S/C19H19FN2O5S/c1-26-13-4-5-14(15(20)11-13)19(25)27-12-17(23)21-6-8-22(9-7-21)18(24)16-3-2-10-28-16/h2-5,10-11H,6-9,12H2,1H3. The molecule has 1 fully saturated rings. The van der Waals surface area contributed by atoms with Gasteiger partial charge < -0.3 is 19.3 Å². The molecule has 7 nitrogen and oxygen atoms in total. The number of nitrogens with zero attached hydrogens (tertiary/aromatic N) is 2. The zero-order valence-electron chi connectivity index (χ0n) is 15.2. The van der Waals surface area contributed by atoms with E-state index in [0.717, 1.165) is 6.07 Å². The second-order valence-electron chi connectivity index (χ2n) is 6.07. The minimum atomic E-state index is -0.917. The SMILES string of the molecule is COc1ccc(C(=O)OCC(=O)N2CCN(C(=O)c3cccs3)CC2)c(F)c1. The van der Waals surface area contributed by atoms with Crippen LogP contribution in [0.3, 0.4) is 0 Å². The number of carbonyl (C=O) groups is 3. The molecule has 148 valence electrons. The topological polar surface area (TPSA) is 76.2 Å². The van der Waals surface area contributed by atoms with Gasteiger partial charge in [0.25, 0.3) is 11.8 Å². The van der Waals surface area contributed by atoms with Crippen LogP contribution in [0.15, 0.2) is 35.7 Å². The molecule has 9 heteroatoms. The number of hydrogen-bond donors (Lipinski definition) is 0. The molecular weight excluding hydrogens is 387 g/mol. The highest BCUT2D eigenvalue weighted by Crippen LogP contribution is 2.17. The molecule has 0 radical (unpaired) electrons. The van der Waals surface area contributed by atoms with Crippen molar-refractivity contribution in [2.45, 2.75) is 0 Å². The molecule has 0 unspecified atom stereocenters. The Balaban J connectivity index is 1.48. The fourth-order valence-electron chi connectivity index (χ4n) is 2.80. The molecule has 0 aliphatic carbocycles. The molecule has 0 saturated carbocycles. The number of thiophene rings is 1. The summed E-state index contributed by atoms with van der Waals surface area (Å²) in [6.45, 7) is 1.03. The Kier molecular flexibility index (Phi) is 6.25. The van der Waals surface area contributed by atoms with Crippen LogP contribution in [-0.2, 0) is 9.53 Å². The van der Waals surface area contributed by atoms with Gasteiger partial charge in [-0.1, -0.05) is 6.07 Å². The van der Waals surface area contributed by atoms with Gasteiger partial charge in [0, 0.05) is 32.2 Å². The van der Waals surface area contributed by atoms with E-state index in [1.165, 1.54) is 35.5 Å². The maximum absolute atomic E-state index is 13.9. The van der Waals surface area contributed by atoms with Crippen LogP contribution in [0.1, 0.15) is 20.0 Å². The number of carbonyl (C=O) groups excluding carboxylic acids is 3. The summed E-state index contributed by atoms with van der Waals surface area (Å²) in [5.74, 6) is -1.85. The average Bonchev–Trinajstić information content (AvgIpc) is 3.26. The number of hydrogen-bond acceptors (Lipinski definition) is 6. The van der Waals surface area contributed by atoms with E-state index in [9.17, 15) is 18.8 Å². The number of halogens is 1. The Labute approximate surface area is 165 Å². The Hall–Kier alpha value is -2.94. The van der Waals surface area contributed by atoms with Crippen LogP contribution < -0.4 is 4.74 Å². The molecule has 2 heterocycles. The van der Waals surface area contributed by atoms with Crippen LogP contribution in [0.25, 0.3) is 0 Å². The first-order valence-electron chi connectivity index (χ1n) is 8.61. The summed E-state index contributed by atoms with van der Waals surface area (Å²) >= 11 is 1.38. The predicted octanol–water partition coefficient (Wildman–Crippen LogP) is 2.04. The minimum Gasteiger partial charge on any atom is -0.497 e. The number of piperazine rings is 1. The molecule has 28 heavy (non-hydrogen) atoms. The number of rotatable bonds is 5. The van der Waals surface area contributed by atoms with E-state index in [1.807, 2.05) is 11.4 Å². The lowest BCUT2D eigenvalue weighted by molar-refractivity contribution is -0.136. The summed E-state index contributed by atoms with van der Waals surface area (Å²) in [5.41, 5.74) is -0.264. The average molecular weight is 406 g/mol. The van der Waals surface area contributed by atoms with Gasteiger partial charge in [0.05, 0.1) is 17.6 Å². The quantitative estimate of drug-likeness (QED) is 0.711. The highest BCUT2D eigenvalue weighted by molar-refractivity contribution is 7.12. The summed E-state index contributed by atoms with van der Waals surface area (Å²) in [6.07, 6.45) is 0. The molecule has 1 aromatic heterocycles. The normalized spacial score (nSPS) is 13.9. The van der Waals surface area contributed by atoms with Gasteiger partial charge in [-0.3, -0.25) is 9.59 Å². The van der Waals surface area contributed by atoms with Crippen molar-refractivity contribution in [1.82, 2.24) is 9.80 Å². The maximum Gasteiger partial charge on any atom is 0.341 e. The molecule has 3 rings (SSSR count). The van der Waals surface area contributed by atoms with Crippen LogP contribution in [0.2, 0.25) is 0 Å². The molecule has 2 aromatic rings. The first kappa shape index (κ1) is 19.8. The van der Waals surface area contributed by atoms with Crippen molar-refractivity contribution < 1.29 is 28.2 Å². The fraction of sp³-hybridized carbons (Fsp3) is 0.316. The van der Waals surface area contributed by atoms with Crippen molar-refractivity contribution in [3.63, 3.8) is 0 Å². The lowest BCUT2D eigenvalue weighted by Gasteiger charge is -2.34. The number of amides is 2. The largest absolute Gasteiger partial charge is 0.497 e. The molecule has 1 aliphatic rings. The Morgan fingerprint density at radius 2 is 1.82 bits per heavy atom. The second-order valence-corrected chi connectivity index (χ2v) is 7.02. The summed E-state index contributed by atoms with van der Waals surface area (Å²) in [7, 11) is 1.39. The van der Waals surface area contributed by atoms with Gasteiger partial charge >= 0.3 is 5.97 Å². The molecule has 0 N–H and O–H groups in total. The third-order valence-corrected chi connectivity index (χ3v) is 5.23. The van der Waals surface area contributed by atoms with Crippen LogP contribution in [-0.4, -0.2) is 67.5 Å². The number of ether oxygens (including phenoxy) is 2. The molecule has 2 amide bonds. The van der Waals surface area contributed by atoms with Crippen molar-refractivity contribution in [2.24, 2.45) is 0 Å². The zero-order chi connectivity index (χ0) is 20.1. The summed E-state index contributed by atoms with van der Waals surface area (Å²) in [5, 5.41) is 1.84. The van der Waals surface area contributed by atoms with Crippen molar-refractivity contribution in [1.29, 1.82) is 0 Å². The number of benzene rings is 1. The molecule has 0 atom stereocenters. The van der Waals surface area contributed by atoms with Gasteiger partial charge in [-0.2, -0.15) is 0 Å². The first-order valence-corrected chi connectivity index (χ1v) is 9.49. The molecule has 1 aliphatic heterocycles. The van der Waals surface area contributed by atoms with Gasteiger partial charge in [0.15, 0.2) is 6.61 Å². The predicted molar refractivity (Wildman–Crippen MR) is 100 cm³/mol. The Morgan fingerprint density at radius 1 is 1.11 bits per heavy atom. The lowest BCUT2D eigenvalue weighted by atomic mass is 10.2. The van der Waals surface area contributed by atoms with Crippen LogP contribution in [0.5, 0.6) is 5.75 Å². The van der Waals surface area contributed by atoms with E-state index in [0.29, 0.717) is 31.1 Å². The molecule has 0 bridgehead atoms. The number of esters is 1. The van der Waals surface area contributed by atoms with E-state index >= 15 is 0 Å². The molecule has 1 aromatic carbocycles. The van der Waals surface area contributed by atoms with Crippen LogP contribution >= 0.6 is 11.3 Å². The van der Waals surface area contributed by atoms with E-state index in [2.05, 4.69) is 0 Å². The van der Waals surface area contributed by atoms with Gasteiger partial charge in [0.1, 0.15) is 11.6 Å². The lowest BCUT2D eigenvalue weighted by Crippen LogP contribution is -2.51. The Morgan fingerprint density at radius 3 is 2.43 bits per heavy atom. The molecule has 1 saturated heterocycles. The summed E-state index contributed by atoms with van der Waals surface area (Å²) in [4.78, 5) is 40.4. The monoisotopic (exact) mass is 406 g/mol. The van der Waals surface area contributed by atoms with E-state index in [1.54, 1.807) is 11.0 Å². The van der Waals surface area contributed by atoms with Crippen molar-refractivity contribution >= 4 is 29.1 Å². The highest BCUT2D eigenvalue weighted by Gasteiger charge is 2.26. The number of methoxy groups -OCH3 is 1. The van der Waals surface area contributed by atoms with E-state index in [4.69, 9.17) is 9.47 Å². The van der Waals surface area contributed by atoms with Crippen molar-refractivity contribution in [2.75, 3.05) is 39.9 Å². The van der Waals surface area contributed by atoms with Crippen LogP contribution in [0, 0.1) is 5.82 Å². The minimum absolute atomic E-state index is 0.0523. The van der Waals surface area contributed by atoms with Crippen molar-refractivity contribution in [3.05, 3.63) is 52.0 Å². The van der Waals surface area contributed by atoms with Gasteiger partial charge in [-0.15, -0.1) is 11.3 Å². The van der Waals surface area contributed by atoms with Crippen LogP contribution in [0.4, 0.5) is 4.39 Å². The summed E-state index contributed by atoms with van der Waals surface area (Å²) < 4.78 is 23.7.